The molecule has 0 fully saturated rings. The number of benzene rings is 1. The Kier molecular flexibility index (Phi) is 6.36. The third-order valence-corrected chi connectivity index (χ3v) is 8.07. The summed E-state index contributed by atoms with van der Waals surface area (Å²) >= 11 is 1.68. The summed E-state index contributed by atoms with van der Waals surface area (Å²) in [5, 5.41) is 7.85. The Morgan fingerprint density at radius 3 is 2.52 bits per heavy atom. The van der Waals surface area contributed by atoms with Crippen molar-refractivity contribution in [3.05, 3.63) is 64.0 Å². The van der Waals surface area contributed by atoms with E-state index in [0.29, 0.717) is 22.3 Å². The zero-order valence-electron chi connectivity index (χ0n) is 19.0. The number of pyridine rings is 1. The highest BCUT2D eigenvalue weighted by Gasteiger charge is 2.21. The Morgan fingerprint density at radius 2 is 1.88 bits per heavy atom. The SMILES string of the molecule is Cc1cc(-c2cc(C(=O)NCCS(=O)(=O)c3ccccc3)c3cnn(C(C)C)c3n2)c(C)s1. The van der Waals surface area contributed by atoms with Crippen LogP contribution in [-0.4, -0.2) is 41.4 Å². The van der Waals surface area contributed by atoms with Crippen LogP contribution in [0.3, 0.4) is 0 Å². The van der Waals surface area contributed by atoms with Crippen LogP contribution in [0.25, 0.3) is 22.3 Å². The average molecular weight is 483 g/mol. The van der Waals surface area contributed by atoms with Crippen molar-refractivity contribution in [3.63, 3.8) is 0 Å². The molecule has 0 aliphatic carbocycles. The fourth-order valence-corrected chi connectivity index (χ4v) is 5.86. The van der Waals surface area contributed by atoms with Crippen molar-refractivity contribution in [1.82, 2.24) is 20.1 Å². The first kappa shape index (κ1) is 23.1. The maximum absolute atomic E-state index is 13.2. The summed E-state index contributed by atoms with van der Waals surface area (Å²) in [6.07, 6.45) is 1.65. The van der Waals surface area contributed by atoms with Gasteiger partial charge in [0, 0.05) is 27.9 Å². The summed E-state index contributed by atoms with van der Waals surface area (Å²) in [7, 11) is -3.48. The van der Waals surface area contributed by atoms with Crippen LogP contribution in [0.15, 0.2) is 53.6 Å². The summed E-state index contributed by atoms with van der Waals surface area (Å²) in [5.41, 5.74) is 2.75. The molecule has 0 aliphatic heterocycles. The largest absolute Gasteiger partial charge is 0.351 e. The Labute approximate surface area is 197 Å². The van der Waals surface area contributed by atoms with E-state index in [1.807, 2.05) is 27.7 Å². The van der Waals surface area contributed by atoms with Gasteiger partial charge in [0.1, 0.15) is 0 Å². The van der Waals surface area contributed by atoms with Gasteiger partial charge < -0.3 is 5.32 Å². The van der Waals surface area contributed by atoms with E-state index < -0.39 is 9.84 Å². The van der Waals surface area contributed by atoms with E-state index in [1.54, 1.807) is 58.6 Å². The van der Waals surface area contributed by atoms with Crippen LogP contribution in [0.1, 0.15) is 40.0 Å². The Bertz CT molecular complexity index is 1420. The molecule has 4 rings (SSSR count). The van der Waals surface area contributed by atoms with Crippen LogP contribution < -0.4 is 5.32 Å². The maximum atomic E-state index is 13.2. The summed E-state index contributed by atoms with van der Waals surface area (Å²) in [6.45, 7) is 8.10. The lowest BCUT2D eigenvalue weighted by Gasteiger charge is -2.11. The van der Waals surface area contributed by atoms with Gasteiger partial charge in [0.25, 0.3) is 5.91 Å². The van der Waals surface area contributed by atoms with Gasteiger partial charge in [-0.05, 0) is 52.0 Å². The molecule has 1 amide bonds. The highest BCUT2D eigenvalue weighted by atomic mass is 32.2. The molecular formula is C24H26N4O3S2. The Balaban J connectivity index is 1.66. The van der Waals surface area contributed by atoms with Crippen molar-refractivity contribution in [1.29, 1.82) is 0 Å². The monoisotopic (exact) mass is 482 g/mol. The van der Waals surface area contributed by atoms with Gasteiger partial charge in [-0.3, -0.25) is 4.79 Å². The van der Waals surface area contributed by atoms with Gasteiger partial charge >= 0.3 is 0 Å². The highest BCUT2D eigenvalue weighted by Crippen LogP contribution is 2.32. The number of carbonyl (C=O) groups is 1. The van der Waals surface area contributed by atoms with E-state index in [2.05, 4.69) is 16.5 Å². The first-order chi connectivity index (χ1) is 15.7. The molecule has 0 atom stereocenters. The molecule has 3 heterocycles. The third-order valence-electron chi connectivity index (χ3n) is 5.38. The van der Waals surface area contributed by atoms with Gasteiger partial charge in [0.05, 0.1) is 33.5 Å². The third kappa shape index (κ3) is 4.69. The lowest BCUT2D eigenvalue weighted by Crippen LogP contribution is -2.29. The van der Waals surface area contributed by atoms with Crippen molar-refractivity contribution < 1.29 is 13.2 Å². The smallest absolute Gasteiger partial charge is 0.252 e. The molecule has 0 spiro atoms. The Hall–Kier alpha value is -3.04. The minimum absolute atomic E-state index is 0.00408. The maximum Gasteiger partial charge on any atom is 0.252 e. The molecule has 0 aliphatic rings. The number of amides is 1. The van der Waals surface area contributed by atoms with Gasteiger partial charge in [-0.2, -0.15) is 5.10 Å². The number of rotatable bonds is 7. The van der Waals surface area contributed by atoms with E-state index in [-0.39, 0.29) is 29.1 Å². The topological polar surface area (TPSA) is 94.0 Å². The molecule has 0 saturated carbocycles. The molecule has 0 saturated heterocycles. The first-order valence-electron chi connectivity index (χ1n) is 10.7. The number of fused-ring (bicyclic) bond motifs is 1. The number of hydrogen-bond donors (Lipinski definition) is 1. The average Bonchev–Trinajstić information content (AvgIpc) is 3.36. The molecule has 1 N–H and O–H groups in total. The fourth-order valence-electron chi connectivity index (χ4n) is 3.75. The van der Waals surface area contributed by atoms with Crippen LogP contribution >= 0.6 is 11.3 Å². The quantitative estimate of drug-likeness (QED) is 0.417. The second-order valence-electron chi connectivity index (χ2n) is 8.19. The van der Waals surface area contributed by atoms with Crippen molar-refractivity contribution in [2.75, 3.05) is 12.3 Å². The van der Waals surface area contributed by atoms with E-state index >= 15 is 0 Å². The number of thiophene rings is 1. The number of aromatic nitrogens is 3. The van der Waals surface area contributed by atoms with Gasteiger partial charge in [-0.15, -0.1) is 11.3 Å². The minimum Gasteiger partial charge on any atom is -0.351 e. The summed E-state index contributed by atoms with van der Waals surface area (Å²) in [5.74, 6) is -0.530. The summed E-state index contributed by atoms with van der Waals surface area (Å²) in [6, 6.07) is 12.1. The van der Waals surface area contributed by atoms with Gasteiger partial charge in [-0.25, -0.2) is 18.1 Å². The van der Waals surface area contributed by atoms with Crippen molar-refractivity contribution in [2.45, 2.75) is 38.6 Å². The summed E-state index contributed by atoms with van der Waals surface area (Å²) in [4.78, 5) is 20.5. The lowest BCUT2D eigenvalue weighted by atomic mass is 10.1. The van der Waals surface area contributed by atoms with Crippen LogP contribution in [0.5, 0.6) is 0 Å². The second kappa shape index (κ2) is 9.07. The predicted molar refractivity (Wildman–Crippen MR) is 132 cm³/mol. The van der Waals surface area contributed by atoms with Gasteiger partial charge in [-0.1, -0.05) is 18.2 Å². The molecule has 172 valence electrons. The second-order valence-corrected chi connectivity index (χ2v) is 11.8. The van der Waals surface area contributed by atoms with Crippen molar-refractivity contribution >= 4 is 38.1 Å². The van der Waals surface area contributed by atoms with Crippen LogP contribution in [0.2, 0.25) is 0 Å². The molecule has 33 heavy (non-hydrogen) atoms. The van der Waals surface area contributed by atoms with Crippen molar-refractivity contribution in [3.8, 4) is 11.3 Å². The molecule has 0 bridgehead atoms. The minimum atomic E-state index is -3.48. The van der Waals surface area contributed by atoms with Gasteiger partial charge in [0.2, 0.25) is 0 Å². The number of nitrogens with zero attached hydrogens (tertiary/aromatic N) is 3. The molecule has 9 heteroatoms. The fraction of sp³-hybridized carbons (Fsp3) is 0.292. The van der Waals surface area contributed by atoms with E-state index in [9.17, 15) is 13.2 Å². The van der Waals surface area contributed by atoms with Crippen molar-refractivity contribution in [2.24, 2.45) is 0 Å². The number of aryl methyl sites for hydroxylation is 2. The number of hydrogen-bond acceptors (Lipinski definition) is 6. The molecule has 0 radical (unpaired) electrons. The number of nitrogens with one attached hydrogen (secondary N) is 1. The van der Waals surface area contributed by atoms with E-state index in [0.717, 1.165) is 10.4 Å². The zero-order valence-corrected chi connectivity index (χ0v) is 20.6. The summed E-state index contributed by atoms with van der Waals surface area (Å²) < 4.78 is 26.9. The molecule has 7 nitrogen and oxygen atoms in total. The lowest BCUT2D eigenvalue weighted by molar-refractivity contribution is 0.0957. The molecule has 3 aromatic heterocycles. The first-order valence-corrected chi connectivity index (χ1v) is 13.2. The zero-order chi connectivity index (χ0) is 23.8. The molecule has 1 aromatic carbocycles. The molecule has 0 unspecified atom stereocenters. The predicted octanol–water partition coefficient (Wildman–Crippen LogP) is 4.56. The van der Waals surface area contributed by atoms with Crippen LogP contribution in [0.4, 0.5) is 0 Å². The van der Waals surface area contributed by atoms with E-state index in [4.69, 9.17) is 4.98 Å². The van der Waals surface area contributed by atoms with E-state index in [1.165, 1.54) is 4.88 Å². The number of carbonyl (C=O) groups excluding carboxylic acids is 1. The normalized spacial score (nSPS) is 11.9. The van der Waals surface area contributed by atoms with Gasteiger partial charge in [0.15, 0.2) is 15.5 Å². The van der Waals surface area contributed by atoms with Crippen LogP contribution in [0, 0.1) is 13.8 Å². The molecule has 4 aromatic rings. The number of sulfone groups is 1. The standard InChI is InChI=1S/C24H26N4O3S2/c1-15(2)28-23-21(14-26-28)20(13-22(27-23)19-12-16(3)32-17(19)4)24(29)25-10-11-33(30,31)18-8-6-5-7-9-18/h5-9,12-15H,10-11H2,1-4H3,(H,25,29). The molecular weight excluding hydrogens is 456 g/mol. The highest BCUT2D eigenvalue weighted by molar-refractivity contribution is 7.91. The Morgan fingerprint density at radius 1 is 1.15 bits per heavy atom. The van der Waals surface area contributed by atoms with Crippen LogP contribution in [-0.2, 0) is 9.84 Å².